The molecule has 1 saturated carbocycles. The molecule has 3 heterocycles. The summed E-state index contributed by atoms with van der Waals surface area (Å²) in [4.78, 5) is 12.4. The van der Waals surface area contributed by atoms with Gasteiger partial charge in [0.25, 0.3) is 0 Å². The van der Waals surface area contributed by atoms with Gasteiger partial charge in [-0.1, -0.05) is 5.16 Å². The number of rotatable bonds is 6. The third kappa shape index (κ3) is 3.90. The Labute approximate surface area is 163 Å². The molecule has 150 valence electrons. The lowest BCUT2D eigenvalue weighted by molar-refractivity contribution is -0.126. The van der Waals surface area contributed by atoms with Crippen LogP contribution in [0.2, 0.25) is 0 Å². The minimum atomic E-state index is -3.84. The zero-order chi connectivity index (χ0) is 19.7. The summed E-state index contributed by atoms with van der Waals surface area (Å²) in [6.07, 6.45) is 8.04. The fourth-order valence-corrected chi connectivity index (χ4v) is 5.17. The second kappa shape index (κ2) is 7.56. The van der Waals surface area contributed by atoms with Gasteiger partial charge in [-0.15, -0.1) is 0 Å². The zero-order valence-corrected chi connectivity index (χ0v) is 16.4. The molecule has 0 radical (unpaired) electrons. The van der Waals surface area contributed by atoms with Crippen molar-refractivity contribution in [1.82, 2.24) is 14.8 Å². The summed E-state index contributed by atoms with van der Waals surface area (Å²) in [5.74, 6) is 0.347. The summed E-state index contributed by atoms with van der Waals surface area (Å²) in [6, 6.07) is 3.75. The summed E-state index contributed by atoms with van der Waals surface area (Å²) in [6.45, 7) is 2.15. The number of hydrogen-bond donors (Lipinski definition) is 1. The maximum atomic E-state index is 13.3. The summed E-state index contributed by atoms with van der Waals surface area (Å²) < 4.78 is 38.4. The molecule has 1 saturated heterocycles. The lowest BCUT2D eigenvalue weighted by Gasteiger charge is -2.31. The first kappa shape index (κ1) is 18.9. The monoisotopic (exact) mass is 405 g/mol. The van der Waals surface area contributed by atoms with E-state index < -0.39 is 10.0 Å². The number of aromatic nitrogens is 1. The molecule has 2 aromatic rings. The van der Waals surface area contributed by atoms with Gasteiger partial charge in [0.15, 0.2) is 10.7 Å². The summed E-state index contributed by atoms with van der Waals surface area (Å²) >= 11 is 0. The molecule has 1 unspecified atom stereocenters. The van der Waals surface area contributed by atoms with Crippen LogP contribution < -0.4 is 5.32 Å². The van der Waals surface area contributed by atoms with Crippen molar-refractivity contribution in [2.24, 2.45) is 5.92 Å². The second-order valence-corrected chi connectivity index (χ2v) is 9.17. The Morgan fingerprint density at radius 3 is 2.86 bits per heavy atom. The standard InChI is InChI=1S/C19H23N3O5S/c1-13-18(17(27-21-13)9-8-16-5-3-11-26-16)28(24,25)22-10-2-4-14(12-22)19(23)20-15-6-7-15/h3,5,8-9,11,14-15H,2,4,6-7,10,12H2,1H3,(H,20,23). The second-order valence-electron chi connectivity index (χ2n) is 7.30. The highest BCUT2D eigenvalue weighted by Crippen LogP contribution is 2.30. The topological polar surface area (TPSA) is 106 Å². The summed E-state index contributed by atoms with van der Waals surface area (Å²) in [5, 5.41) is 6.81. The molecule has 1 aliphatic heterocycles. The minimum absolute atomic E-state index is 0.0403. The van der Waals surface area contributed by atoms with Crippen LogP contribution in [0.15, 0.2) is 32.2 Å². The number of sulfonamides is 1. The van der Waals surface area contributed by atoms with E-state index in [1.165, 1.54) is 16.6 Å². The molecule has 1 amide bonds. The summed E-state index contributed by atoms with van der Waals surface area (Å²) in [7, 11) is -3.84. The van der Waals surface area contributed by atoms with Crippen molar-refractivity contribution >= 4 is 28.1 Å². The third-order valence-corrected chi connectivity index (χ3v) is 7.08. The molecule has 28 heavy (non-hydrogen) atoms. The van der Waals surface area contributed by atoms with Crippen LogP contribution in [0.3, 0.4) is 0 Å². The molecule has 0 bridgehead atoms. The van der Waals surface area contributed by atoms with E-state index in [0.29, 0.717) is 30.8 Å². The average Bonchev–Trinajstić information content (AvgIpc) is 3.18. The van der Waals surface area contributed by atoms with Gasteiger partial charge >= 0.3 is 0 Å². The maximum Gasteiger partial charge on any atom is 0.248 e. The average molecular weight is 405 g/mol. The molecule has 2 aliphatic rings. The van der Waals surface area contributed by atoms with Crippen molar-refractivity contribution in [3.05, 3.63) is 35.6 Å². The first-order valence-corrected chi connectivity index (χ1v) is 10.9. The molecule has 2 fully saturated rings. The number of furan rings is 1. The Kier molecular flexibility index (Phi) is 5.11. The van der Waals surface area contributed by atoms with Crippen LogP contribution in [-0.4, -0.2) is 42.9 Å². The fraction of sp³-hybridized carbons (Fsp3) is 0.474. The molecular weight excluding hydrogens is 382 g/mol. The van der Waals surface area contributed by atoms with Crippen molar-refractivity contribution in [1.29, 1.82) is 0 Å². The molecule has 1 aliphatic carbocycles. The van der Waals surface area contributed by atoms with E-state index in [4.69, 9.17) is 8.94 Å². The highest BCUT2D eigenvalue weighted by molar-refractivity contribution is 7.89. The highest BCUT2D eigenvalue weighted by atomic mass is 32.2. The molecule has 2 aromatic heterocycles. The molecule has 4 rings (SSSR count). The minimum Gasteiger partial charge on any atom is -0.465 e. The molecule has 0 spiro atoms. The van der Waals surface area contributed by atoms with Gasteiger partial charge in [0.1, 0.15) is 11.5 Å². The first-order chi connectivity index (χ1) is 13.4. The van der Waals surface area contributed by atoms with Crippen molar-refractivity contribution in [2.45, 2.75) is 43.5 Å². The largest absolute Gasteiger partial charge is 0.465 e. The molecule has 0 aromatic carbocycles. The van der Waals surface area contributed by atoms with Gasteiger partial charge in [-0.2, -0.15) is 4.31 Å². The fourth-order valence-electron chi connectivity index (χ4n) is 3.39. The van der Waals surface area contributed by atoms with Crippen LogP contribution in [-0.2, 0) is 14.8 Å². The van der Waals surface area contributed by atoms with Gasteiger partial charge in [0.05, 0.1) is 12.2 Å². The van der Waals surface area contributed by atoms with Crippen LogP contribution in [0.1, 0.15) is 42.9 Å². The SMILES string of the molecule is Cc1noc(C=Cc2ccco2)c1S(=O)(=O)N1CCCC(C(=O)NC2CC2)C1. The summed E-state index contributed by atoms with van der Waals surface area (Å²) in [5.41, 5.74) is 0.295. The number of amides is 1. The van der Waals surface area contributed by atoms with Gasteiger partial charge in [-0.25, -0.2) is 8.42 Å². The van der Waals surface area contributed by atoms with Crippen LogP contribution >= 0.6 is 0 Å². The Morgan fingerprint density at radius 1 is 1.32 bits per heavy atom. The van der Waals surface area contributed by atoms with E-state index in [-0.39, 0.29) is 35.1 Å². The van der Waals surface area contributed by atoms with Crippen molar-refractivity contribution < 1.29 is 22.2 Å². The molecule has 8 nitrogen and oxygen atoms in total. The predicted octanol–water partition coefficient (Wildman–Crippen LogP) is 2.43. The molecule has 9 heteroatoms. The normalized spacial score (nSPS) is 21.2. The van der Waals surface area contributed by atoms with Crippen LogP contribution in [0.25, 0.3) is 12.2 Å². The van der Waals surface area contributed by atoms with Gasteiger partial charge in [0, 0.05) is 19.1 Å². The number of piperidine rings is 1. The maximum absolute atomic E-state index is 13.3. The van der Waals surface area contributed by atoms with E-state index in [2.05, 4.69) is 10.5 Å². The lowest BCUT2D eigenvalue weighted by Crippen LogP contribution is -2.46. The van der Waals surface area contributed by atoms with Crippen LogP contribution in [0.4, 0.5) is 0 Å². The third-order valence-electron chi connectivity index (χ3n) is 5.05. The van der Waals surface area contributed by atoms with Crippen molar-refractivity contribution in [2.75, 3.05) is 13.1 Å². The Morgan fingerprint density at radius 2 is 2.14 bits per heavy atom. The van der Waals surface area contributed by atoms with Gasteiger partial charge in [-0.05, 0) is 56.9 Å². The van der Waals surface area contributed by atoms with Crippen molar-refractivity contribution in [3.8, 4) is 0 Å². The van der Waals surface area contributed by atoms with E-state index in [1.807, 2.05) is 0 Å². The number of aryl methyl sites for hydroxylation is 1. The zero-order valence-electron chi connectivity index (χ0n) is 15.6. The van der Waals surface area contributed by atoms with E-state index >= 15 is 0 Å². The number of hydrogen-bond acceptors (Lipinski definition) is 6. The van der Waals surface area contributed by atoms with E-state index in [1.54, 1.807) is 25.1 Å². The number of carbonyl (C=O) groups is 1. The number of nitrogens with zero attached hydrogens (tertiary/aromatic N) is 2. The quantitative estimate of drug-likeness (QED) is 0.791. The number of carbonyl (C=O) groups excluding carboxylic acids is 1. The highest BCUT2D eigenvalue weighted by Gasteiger charge is 2.37. The predicted molar refractivity (Wildman–Crippen MR) is 102 cm³/mol. The van der Waals surface area contributed by atoms with Gasteiger partial charge in [-0.3, -0.25) is 4.79 Å². The van der Waals surface area contributed by atoms with E-state index in [9.17, 15) is 13.2 Å². The van der Waals surface area contributed by atoms with Gasteiger partial charge in [0.2, 0.25) is 15.9 Å². The smallest absolute Gasteiger partial charge is 0.248 e. The van der Waals surface area contributed by atoms with Crippen LogP contribution in [0.5, 0.6) is 0 Å². The van der Waals surface area contributed by atoms with Gasteiger partial charge < -0.3 is 14.3 Å². The molecule has 1 atom stereocenters. The molecule has 1 N–H and O–H groups in total. The molecular formula is C19H23N3O5S. The lowest BCUT2D eigenvalue weighted by atomic mass is 9.99. The Hall–Kier alpha value is -2.39. The Balaban J connectivity index is 1.55. The number of nitrogens with one attached hydrogen (secondary N) is 1. The van der Waals surface area contributed by atoms with E-state index in [0.717, 1.165) is 12.8 Å². The first-order valence-electron chi connectivity index (χ1n) is 9.43. The van der Waals surface area contributed by atoms with Crippen LogP contribution in [0, 0.1) is 12.8 Å². The Bertz CT molecular complexity index is 973. The van der Waals surface area contributed by atoms with Crippen molar-refractivity contribution in [3.63, 3.8) is 0 Å².